The predicted molar refractivity (Wildman–Crippen MR) is 86.4 cm³/mol. The first-order valence-corrected chi connectivity index (χ1v) is 7.07. The van der Waals surface area contributed by atoms with Crippen molar-refractivity contribution in [1.29, 1.82) is 0 Å². The van der Waals surface area contributed by atoms with Gasteiger partial charge in [-0.2, -0.15) is 0 Å². The molecule has 21 heavy (non-hydrogen) atoms. The van der Waals surface area contributed by atoms with Crippen molar-refractivity contribution in [2.24, 2.45) is 0 Å². The van der Waals surface area contributed by atoms with Crippen LogP contribution in [-0.4, -0.2) is 28.4 Å². The molecular formula is C16H16N2O2S. The lowest BCUT2D eigenvalue weighted by molar-refractivity contribution is -0.128. The minimum absolute atomic E-state index is 0.0892. The summed E-state index contributed by atoms with van der Waals surface area (Å²) < 4.78 is 0. The third-order valence-corrected chi connectivity index (χ3v) is 3.56. The maximum atomic E-state index is 12.4. The molecule has 1 fully saturated rings. The molecule has 4 nitrogen and oxygen atoms in total. The summed E-state index contributed by atoms with van der Waals surface area (Å²) in [6.45, 7) is 5.89. The van der Waals surface area contributed by atoms with Crippen LogP contribution in [0.25, 0.3) is 6.08 Å². The lowest BCUT2D eigenvalue weighted by Crippen LogP contribution is -2.53. The Labute approximate surface area is 129 Å². The highest BCUT2D eigenvalue weighted by atomic mass is 32.1. The molecular weight excluding hydrogens is 284 g/mol. The van der Waals surface area contributed by atoms with Gasteiger partial charge in [0.05, 0.1) is 0 Å². The Kier molecular flexibility index (Phi) is 4.65. The van der Waals surface area contributed by atoms with Gasteiger partial charge in [-0.1, -0.05) is 37.3 Å². The average molecular weight is 300 g/mol. The zero-order valence-corrected chi connectivity index (χ0v) is 12.6. The third-order valence-electron chi connectivity index (χ3n) is 3.23. The van der Waals surface area contributed by atoms with Crippen LogP contribution in [0.2, 0.25) is 0 Å². The van der Waals surface area contributed by atoms with E-state index in [-0.39, 0.29) is 17.2 Å². The molecule has 1 saturated heterocycles. The second-order valence-corrected chi connectivity index (χ2v) is 4.96. The molecule has 1 aromatic carbocycles. The van der Waals surface area contributed by atoms with Crippen molar-refractivity contribution < 1.29 is 9.59 Å². The third kappa shape index (κ3) is 3.08. The van der Waals surface area contributed by atoms with Crippen LogP contribution in [0.3, 0.4) is 0 Å². The number of aryl methyl sites for hydroxylation is 1. The molecule has 0 atom stereocenters. The SMILES string of the molecule is C=CCN1C(=O)/C(=C/c2ccccc2CC)C(=O)NC1=S. The molecule has 108 valence electrons. The van der Waals surface area contributed by atoms with Gasteiger partial charge < -0.3 is 0 Å². The van der Waals surface area contributed by atoms with Crippen LogP contribution in [0, 0.1) is 0 Å². The number of benzene rings is 1. The van der Waals surface area contributed by atoms with Crippen molar-refractivity contribution in [1.82, 2.24) is 10.2 Å². The first-order valence-electron chi connectivity index (χ1n) is 6.66. The van der Waals surface area contributed by atoms with E-state index in [1.54, 1.807) is 12.2 Å². The van der Waals surface area contributed by atoms with Crippen LogP contribution in [0.4, 0.5) is 0 Å². The first kappa shape index (κ1) is 15.1. The Balaban J connectivity index is 2.43. The van der Waals surface area contributed by atoms with E-state index in [9.17, 15) is 9.59 Å². The molecule has 0 unspecified atom stereocenters. The molecule has 0 radical (unpaired) electrons. The summed E-state index contributed by atoms with van der Waals surface area (Å²) in [5, 5.41) is 2.65. The number of thiocarbonyl (C=S) groups is 1. The minimum Gasteiger partial charge on any atom is -0.298 e. The molecule has 5 heteroatoms. The summed E-state index contributed by atoms with van der Waals surface area (Å²) in [4.78, 5) is 25.8. The fourth-order valence-electron chi connectivity index (χ4n) is 2.14. The lowest BCUT2D eigenvalue weighted by Gasteiger charge is -2.27. The number of hydrogen-bond donors (Lipinski definition) is 1. The van der Waals surface area contributed by atoms with Gasteiger partial charge in [-0.25, -0.2) is 0 Å². The van der Waals surface area contributed by atoms with E-state index in [2.05, 4.69) is 11.9 Å². The molecule has 0 spiro atoms. The number of rotatable bonds is 4. The number of carbonyl (C=O) groups excluding carboxylic acids is 2. The summed E-state index contributed by atoms with van der Waals surface area (Å²) in [7, 11) is 0. The molecule has 1 aromatic rings. The van der Waals surface area contributed by atoms with Gasteiger partial charge in [0.15, 0.2) is 5.11 Å². The molecule has 2 amide bonds. The summed E-state index contributed by atoms with van der Waals surface area (Å²) in [6.07, 6.45) is 4.01. The number of amides is 2. The van der Waals surface area contributed by atoms with E-state index in [1.807, 2.05) is 31.2 Å². The Morgan fingerprint density at radius 2 is 2.05 bits per heavy atom. The second-order valence-electron chi connectivity index (χ2n) is 4.57. The van der Waals surface area contributed by atoms with Crippen LogP contribution in [-0.2, 0) is 16.0 Å². The zero-order chi connectivity index (χ0) is 15.4. The largest absolute Gasteiger partial charge is 0.298 e. The predicted octanol–water partition coefficient (Wildman–Crippen LogP) is 2.06. The van der Waals surface area contributed by atoms with E-state index in [4.69, 9.17) is 12.2 Å². The zero-order valence-electron chi connectivity index (χ0n) is 11.8. The molecule has 2 rings (SSSR count). The quantitative estimate of drug-likeness (QED) is 0.401. The maximum absolute atomic E-state index is 12.4. The Bertz CT molecular complexity index is 649. The van der Waals surface area contributed by atoms with Crippen LogP contribution in [0.15, 0.2) is 42.5 Å². The summed E-state index contributed by atoms with van der Waals surface area (Å²) in [6, 6.07) is 7.67. The first-order chi connectivity index (χ1) is 10.1. The van der Waals surface area contributed by atoms with E-state index in [1.165, 1.54) is 4.90 Å². The summed E-state index contributed by atoms with van der Waals surface area (Å²) >= 11 is 5.01. The standard InChI is InChI=1S/C16H16N2O2S/c1-3-9-18-15(20)13(14(19)17-16(18)21)10-12-8-6-5-7-11(12)4-2/h3,5-8,10H,1,4,9H2,2H3,(H,17,19,21)/b13-10+. The molecule has 0 aromatic heterocycles. The van der Waals surface area contributed by atoms with Gasteiger partial charge in [0.1, 0.15) is 5.57 Å². The highest BCUT2D eigenvalue weighted by Gasteiger charge is 2.32. The van der Waals surface area contributed by atoms with Crippen LogP contribution >= 0.6 is 12.2 Å². The Morgan fingerprint density at radius 3 is 2.71 bits per heavy atom. The van der Waals surface area contributed by atoms with Gasteiger partial charge in [0.2, 0.25) is 0 Å². The van der Waals surface area contributed by atoms with Crippen LogP contribution in [0.1, 0.15) is 18.1 Å². The van der Waals surface area contributed by atoms with Gasteiger partial charge in [-0.05, 0) is 35.8 Å². The van der Waals surface area contributed by atoms with E-state index in [0.717, 1.165) is 17.5 Å². The minimum atomic E-state index is -0.462. The molecule has 1 aliphatic rings. The fraction of sp³-hybridized carbons (Fsp3) is 0.188. The number of nitrogens with zero attached hydrogens (tertiary/aromatic N) is 1. The average Bonchev–Trinajstić information content (AvgIpc) is 2.48. The normalized spacial score (nSPS) is 17.1. The highest BCUT2D eigenvalue weighted by Crippen LogP contribution is 2.17. The van der Waals surface area contributed by atoms with Gasteiger partial charge in [0, 0.05) is 6.54 Å². The van der Waals surface area contributed by atoms with E-state index < -0.39 is 11.8 Å². The maximum Gasteiger partial charge on any atom is 0.265 e. The van der Waals surface area contributed by atoms with E-state index >= 15 is 0 Å². The van der Waals surface area contributed by atoms with Crippen LogP contribution in [0.5, 0.6) is 0 Å². The Morgan fingerprint density at radius 1 is 1.33 bits per heavy atom. The van der Waals surface area contributed by atoms with Gasteiger partial charge in [-0.15, -0.1) is 6.58 Å². The van der Waals surface area contributed by atoms with E-state index in [0.29, 0.717) is 0 Å². The topological polar surface area (TPSA) is 49.4 Å². The molecule has 0 aliphatic carbocycles. The highest BCUT2D eigenvalue weighted by molar-refractivity contribution is 7.80. The van der Waals surface area contributed by atoms with Gasteiger partial charge in [-0.3, -0.25) is 19.8 Å². The smallest absolute Gasteiger partial charge is 0.265 e. The molecule has 1 aliphatic heterocycles. The summed E-state index contributed by atoms with van der Waals surface area (Å²) in [5.41, 5.74) is 2.03. The van der Waals surface area contributed by atoms with Crippen molar-refractivity contribution in [3.8, 4) is 0 Å². The number of nitrogens with one attached hydrogen (secondary N) is 1. The van der Waals surface area contributed by atoms with Crippen molar-refractivity contribution >= 4 is 35.2 Å². The van der Waals surface area contributed by atoms with Crippen molar-refractivity contribution in [2.75, 3.05) is 6.54 Å². The fourth-order valence-corrected chi connectivity index (χ4v) is 2.39. The summed E-state index contributed by atoms with van der Waals surface area (Å²) in [5.74, 6) is -0.856. The Hall–Kier alpha value is -2.27. The van der Waals surface area contributed by atoms with Gasteiger partial charge >= 0.3 is 0 Å². The molecule has 0 saturated carbocycles. The van der Waals surface area contributed by atoms with Crippen molar-refractivity contribution in [3.63, 3.8) is 0 Å². The monoisotopic (exact) mass is 300 g/mol. The van der Waals surface area contributed by atoms with Gasteiger partial charge in [0.25, 0.3) is 11.8 Å². The van der Waals surface area contributed by atoms with Crippen molar-refractivity contribution in [2.45, 2.75) is 13.3 Å². The molecule has 0 bridgehead atoms. The van der Waals surface area contributed by atoms with Crippen molar-refractivity contribution in [3.05, 3.63) is 53.6 Å². The molecule has 1 N–H and O–H groups in total. The molecule has 1 heterocycles. The number of hydrogen-bond acceptors (Lipinski definition) is 3. The lowest BCUT2D eigenvalue weighted by atomic mass is 10.0. The second kappa shape index (κ2) is 6.45. The van der Waals surface area contributed by atoms with Crippen LogP contribution < -0.4 is 5.32 Å². The number of carbonyl (C=O) groups is 2.